The van der Waals surface area contributed by atoms with Crippen LogP contribution in [0.1, 0.15) is 27.7 Å². The quantitative estimate of drug-likeness (QED) is 0.593. The van der Waals surface area contributed by atoms with Gasteiger partial charge in [-0.15, -0.1) is 0 Å². The molecule has 16 heavy (non-hydrogen) atoms. The minimum atomic E-state index is -0.873. The molecule has 1 amide bonds. The van der Waals surface area contributed by atoms with E-state index in [0.29, 0.717) is 12.5 Å². The summed E-state index contributed by atoms with van der Waals surface area (Å²) in [5.74, 6) is -0.558. The van der Waals surface area contributed by atoms with Gasteiger partial charge >= 0.3 is 5.97 Å². The Balaban J connectivity index is 3.74. The van der Waals surface area contributed by atoms with Crippen LogP contribution < -0.4 is 10.6 Å². The monoisotopic (exact) mass is 230 g/mol. The van der Waals surface area contributed by atoms with Crippen molar-refractivity contribution in [1.82, 2.24) is 10.6 Å². The van der Waals surface area contributed by atoms with Gasteiger partial charge in [0.05, 0.1) is 12.0 Å². The first-order valence-electron chi connectivity index (χ1n) is 5.46. The number of nitrogens with one attached hydrogen (secondary N) is 2. The maximum atomic E-state index is 11.3. The maximum Gasteiger partial charge on any atom is 0.310 e. The summed E-state index contributed by atoms with van der Waals surface area (Å²) in [6.45, 7) is 8.34. The molecule has 3 N–H and O–H groups in total. The number of hydrogen-bond acceptors (Lipinski definition) is 3. The highest BCUT2D eigenvalue weighted by Crippen LogP contribution is 2.12. The van der Waals surface area contributed by atoms with Gasteiger partial charge in [-0.1, -0.05) is 13.8 Å². The summed E-state index contributed by atoms with van der Waals surface area (Å²) < 4.78 is 0. The standard InChI is InChI=1S/C11H22N2O3/c1-8(2)5-13-9(14)6-12-7-11(3,4)10(15)16/h8,12H,5-7H2,1-4H3,(H,13,14)(H,15,16). The Morgan fingerprint density at radius 1 is 1.31 bits per heavy atom. The third-order valence-corrected chi connectivity index (χ3v) is 2.14. The number of amides is 1. The van der Waals surface area contributed by atoms with Crippen molar-refractivity contribution in [3.05, 3.63) is 0 Å². The summed E-state index contributed by atoms with van der Waals surface area (Å²) in [4.78, 5) is 22.1. The highest BCUT2D eigenvalue weighted by molar-refractivity contribution is 5.78. The van der Waals surface area contributed by atoms with E-state index in [4.69, 9.17) is 5.11 Å². The Kier molecular flexibility index (Phi) is 6.03. The minimum Gasteiger partial charge on any atom is -0.481 e. The van der Waals surface area contributed by atoms with Crippen molar-refractivity contribution in [3.63, 3.8) is 0 Å². The van der Waals surface area contributed by atoms with Crippen LogP contribution in [0.4, 0.5) is 0 Å². The molecule has 0 fully saturated rings. The van der Waals surface area contributed by atoms with Gasteiger partial charge in [0.15, 0.2) is 0 Å². The van der Waals surface area contributed by atoms with Gasteiger partial charge in [0.2, 0.25) is 5.91 Å². The number of carbonyl (C=O) groups excluding carboxylic acids is 1. The number of carbonyl (C=O) groups is 2. The van der Waals surface area contributed by atoms with E-state index >= 15 is 0 Å². The number of hydrogen-bond donors (Lipinski definition) is 3. The largest absolute Gasteiger partial charge is 0.481 e. The van der Waals surface area contributed by atoms with Crippen LogP contribution in [-0.2, 0) is 9.59 Å². The van der Waals surface area contributed by atoms with Gasteiger partial charge in [0.25, 0.3) is 0 Å². The summed E-state index contributed by atoms with van der Waals surface area (Å²) in [5, 5.41) is 14.4. The van der Waals surface area contributed by atoms with Crippen LogP contribution in [0.3, 0.4) is 0 Å². The Morgan fingerprint density at radius 3 is 2.31 bits per heavy atom. The predicted octanol–water partition coefficient (Wildman–Crippen LogP) is 0.459. The van der Waals surface area contributed by atoms with Gasteiger partial charge in [0, 0.05) is 13.1 Å². The second kappa shape index (κ2) is 6.48. The van der Waals surface area contributed by atoms with Crippen molar-refractivity contribution >= 4 is 11.9 Å². The number of carboxylic acids is 1. The Morgan fingerprint density at radius 2 is 1.88 bits per heavy atom. The third kappa shape index (κ3) is 6.40. The molecule has 0 heterocycles. The molecule has 0 rings (SSSR count). The van der Waals surface area contributed by atoms with Crippen LogP contribution in [0, 0.1) is 11.3 Å². The van der Waals surface area contributed by atoms with Crippen molar-refractivity contribution < 1.29 is 14.7 Å². The molecule has 0 atom stereocenters. The lowest BCUT2D eigenvalue weighted by atomic mass is 9.94. The zero-order valence-corrected chi connectivity index (χ0v) is 10.5. The van der Waals surface area contributed by atoms with Gasteiger partial charge < -0.3 is 15.7 Å². The molecule has 0 aliphatic rings. The molecule has 0 aliphatic heterocycles. The molecule has 0 unspecified atom stereocenters. The lowest BCUT2D eigenvalue weighted by Gasteiger charge is -2.19. The van der Waals surface area contributed by atoms with E-state index in [-0.39, 0.29) is 19.0 Å². The van der Waals surface area contributed by atoms with Crippen LogP contribution in [0.5, 0.6) is 0 Å². The lowest BCUT2D eigenvalue weighted by Crippen LogP contribution is -2.41. The first-order valence-corrected chi connectivity index (χ1v) is 5.46. The molecule has 0 aliphatic carbocycles. The molecular weight excluding hydrogens is 208 g/mol. The van der Waals surface area contributed by atoms with E-state index in [9.17, 15) is 9.59 Å². The second-order valence-corrected chi connectivity index (χ2v) is 4.99. The van der Waals surface area contributed by atoms with Crippen LogP contribution in [0.15, 0.2) is 0 Å². The molecule has 94 valence electrons. The number of carboxylic acid groups (broad SMARTS) is 1. The van der Waals surface area contributed by atoms with E-state index in [0.717, 1.165) is 0 Å². The number of rotatable bonds is 7. The normalized spacial score (nSPS) is 11.6. The van der Waals surface area contributed by atoms with Gasteiger partial charge in [0.1, 0.15) is 0 Å². The minimum absolute atomic E-state index is 0.102. The van der Waals surface area contributed by atoms with Gasteiger partial charge in [-0.2, -0.15) is 0 Å². The molecule has 0 aromatic rings. The molecule has 5 heteroatoms. The average molecular weight is 230 g/mol. The SMILES string of the molecule is CC(C)CNC(=O)CNCC(C)(C)C(=O)O. The van der Waals surface area contributed by atoms with E-state index in [1.165, 1.54) is 0 Å². The van der Waals surface area contributed by atoms with Crippen molar-refractivity contribution in [1.29, 1.82) is 0 Å². The van der Waals surface area contributed by atoms with Gasteiger partial charge in [-0.05, 0) is 19.8 Å². The van der Waals surface area contributed by atoms with Crippen molar-refractivity contribution in [2.75, 3.05) is 19.6 Å². The molecule has 0 bridgehead atoms. The van der Waals surface area contributed by atoms with Crippen LogP contribution in [0.2, 0.25) is 0 Å². The highest BCUT2D eigenvalue weighted by atomic mass is 16.4. The summed E-state index contributed by atoms with van der Waals surface area (Å²) in [5.41, 5.74) is -0.849. The highest BCUT2D eigenvalue weighted by Gasteiger charge is 2.26. The topological polar surface area (TPSA) is 78.4 Å². The van der Waals surface area contributed by atoms with Crippen LogP contribution in [0.25, 0.3) is 0 Å². The van der Waals surface area contributed by atoms with Gasteiger partial charge in [-0.3, -0.25) is 9.59 Å². The molecule has 0 saturated carbocycles. The molecule has 5 nitrogen and oxygen atoms in total. The van der Waals surface area contributed by atoms with E-state index in [1.54, 1.807) is 13.8 Å². The van der Waals surface area contributed by atoms with Crippen molar-refractivity contribution in [2.24, 2.45) is 11.3 Å². The zero-order valence-electron chi connectivity index (χ0n) is 10.5. The molecule has 0 aromatic heterocycles. The third-order valence-electron chi connectivity index (χ3n) is 2.14. The van der Waals surface area contributed by atoms with Crippen LogP contribution >= 0.6 is 0 Å². The fourth-order valence-corrected chi connectivity index (χ4v) is 0.945. The van der Waals surface area contributed by atoms with E-state index in [1.807, 2.05) is 13.8 Å². The fraction of sp³-hybridized carbons (Fsp3) is 0.818. The summed E-state index contributed by atoms with van der Waals surface area (Å²) in [7, 11) is 0. The average Bonchev–Trinajstić information content (AvgIpc) is 2.14. The molecule has 0 saturated heterocycles. The smallest absolute Gasteiger partial charge is 0.310 e. The van der Waals surface area contributed by atoms with E-state index < -0.39 is 11.4 Å². The molecule has 0 aromatic carbocycles. The lowest BCUT2D eigenvalue weighted by molar-refractivity contribution is -0.146. The molecule has 0 radical (unpaired) electrons. The first-order chi connectivity index (χ1) is 7.25. The number of aliphatic carboxylic acids is 1. The Bertz CT molecular complexity index is 250. The van der Waals surface area contributed by atoms with E-state index in [2.05, 4.69) is 10.6 Å². The van der Waals surface area contributed by atoms with Crippen molar-refractivity contribution in [3.8, 4) is 0 Å². The maximum absolute atomic E-state index is 11.3. The molecule has 0 spiro atoms. The fourth-order valence-electron chi connectivity index (χ4n) is 0.945. The summed E-state index contributed by atoms with van der Waals surface area (Å²) in [6, 6.07) is 0. The molecular formula is C11H22N2O3. The van der Waals surface area contributed by atoms with Crippen LogP contribution in [-0.4, -0.2) is 36.6 Å². The van der Waals surface area contributed by atoms with Gasteiger partial charge in [-0.25, -0.2) is 0 Å². The Hall–Kier alpha value is -1.10. The summed E-state index contributed by atoms with van der Waals surface area (Å²) in [6.07, 6.45) is 0. The Labute approximate surface area is 96.6 Å². The first kappa shape index (κ1) is 14.9. The zero-order chi connectivity index (χ0) is 12.8. The van der Waals surface area contributed by atoms with Crippen molar-refractivity contribution in [2.45, 2.75) is 27.7 Å². The summed E-state index contributed by atoms with van der Waals surface area (Å²) >= 11 is 0. The second-order valence-electron chi connectivity index (χ2n) is 4.99. The predicted molar refractivity (Wildman–Crippen MR) is 62.1 cm³/mol.